The second-order valence-electron chi connectivity index (χ2n) is 16.0. The zero-order valence-corrected chi connectivity index (χ0v) is 33.2. The molecule has 16 heteroatoms. The lowest BCUT2D eigenvalue weighted by Crippen LogP contribution is -2.42. The van der Waals surface area contributed by atoms with E-state index in [2.05, 4.69) is 58.5 Å². The van der Waals surface area contributed by atoms with Crippen LogP contribution in [0.4, 0.5) is 27.1 Å². The molecular weight excluding hydrogens is 754 g/mol. The lowest BCUT2D eigenvalue weighted by atomic mass is 9.94. The summed E-state index contributed by atoms with van der Waals surface area (Å²) in [6, 6.07) is 11.4. The summed E-state index contributed by atoms with van der Waals surface area (Å²) in [6.45, 7) is 6.73. The van der Waals surface area contributed by atoms with Crippen molar-refractivity contribution in [2.45, 2.75) is 57.4 Å². The Hall–Kier alpha value is -6.21. The van der Waals surface area contributed by atoms with E-state index in [1.54, 1.807) is 28.7 Å². The van der Waals surface area contributed by atoms with Gasteiger partial charge in [-0.25, -0.2) is 14.0 Å². The highest BCUT2D eigenvalue weighted by Gasteiger charge is 2.30. The van der Waals surface area contributed by atoms with Gasteiger partial charge in [0.05, 0.1) is 35.6 Å². The van der Waals surface area contributed by atoms with E-state index >= 15 is 4.39 Å². The molecule has 1 amide bonds. The van der Waals surface area contributed by atoms with Crippen LogP contribution in [0.25, 0.3) is 16.6 Å². The number of fused-ring (bicyclic) bond motifs is 2. The molecule has 4 aliphatic rings. The number of halogens is 1. The summed E-state index contributed by atoms with van der Waals surface area (Å²) >= 11 is 0. The average molecular weight is 802 g/mol. The number of rotatable bonds is 9. The maximum Gasteiger partial charge on any atom is 0.259 e. The molecule has 0 spiro atoms. The van der Waals surface area contributed by atoms with Gasteiger partial charge in [0.25, 0.3) is 5.91 Å². The monoisotopic (exact) mass is 801 g/mol. The van der Waals surface area contributed by atoms with Crippen molar-refractivity contribution in [3.05, 3.63) is 78.0 Å². The van der Waals surface area contributed by atoms with E-state index in [-0.39, 0.29) is 35.7 Å². The Morgan fingerprint density at radius 2 is 1.78 bits per heavy atom. The molecule has 0 unspecified atom stereocenters. The molecule has 15 nitrogen and oxygen atoms in total. The smallest absolute Gasteiger partial charge is 0.259 e. The van der Waals surface area contributed by atoms with Gasteiger partial charge in [-0.05, 0) is 81.2 Å². The number of anilines is 4. The molecule has 0 atom stereocenters. The molecule has 59 heavy (non-hydrogen) atoms. The zero-order valence-electron chi connectivity index (χ0n) is 33.2. The summed E-state index contributed by atoms with van der Waals surface area (Å²) in [4.78, 5) is 45.0. The van der Waals surface area contributed by atoms with Crippen molar-refractivity contribution >= 4 is 57.1 Å². The second-order valence-corrected chi connectivity index (χ2v) is 16.0. The Kier molecular flexibility index (Phi) is 10.8. The van der Waals surface area contributed by atoms with E-state index in [0.717, 1.165) is 112 Å². The van der Waals surface area contributed by atoms with Crippen LogP contribution in [-0.4, -0.2) is 107 Å². The quantitative estimate of drug-likeness (QED) is 0.189. The third kappa shape index (κ3) is 7.74. The van der Waals surface area contributed by atoms with Crippen molar-refractivity contribution < 1.29 is 23.5 Å². The average Bonchev–Trinajstić information content (AvgIpc) is 3.94. The molecular formula is C43H48FN11O4. The van der Waals surface area contributed by atoms with Gasteiger partial charge in [0.15, 0.2) is 23.2 Å². The molecule has 4 fully saturated rings. The number of nitrogens with zero attached hydrogens (tertiary/aromatic N) is 9. The molecule has 2 aromatic carbocycles. The SMILES string of the molecule is COc1cc(N2CCC(CN3CCC(n4cc5cc(NC(=O)c6cccn7cnnc67)c(N6CCCCC6)cc5n4)CC3)CC2)cc(F)c1N1CCC(=C=O)NC1=C=O. The highest BCUT2D eigenvalue weighted by Crippen LogP contribution is 2.40. The van der Waals surface area contributed by atoms with E-state index in [9.17, 15) is 14.4 Å². The third-order valence-corrected chi connectivity index (χ3v) is 12.4. The summed E-state index contributed by atoms with van der Waals surface area (Å²) in [7, 11) is 1.48. The molecule has 4 aliphatic heterocycles. The highest BCUT2D eigenvalue weighted by molar-refractivity contribution is 6.10. The number of amides is 1. The van der Waals surface area contributed by atoms with Crippen LogP contribution in [-0.2, 0) is 9.59 Å². The zero-order chi connectivity index (χ0) is 40.5. The molecule has 0 radical (unpaired) electrons. The molecule has 306 valence electrons. The van der Waals surface area contributed by atoms with E-state index < -0.39 is 5.82 Å². The van der Waals surface area contributed by atoms with E-state index in [0.29, 0.717) is 29.3 Å². The number of aromatic nitrogens is 5. The summed E-state index contributed by atoms with van der Waals surface area (Å²) in [6.07, 6.45) is 13.3. The van der Waals surface area contributed by atoms with Crippen molar-refractivity contribution in [3.63, 3.8) is 0 Å². The number of hydrogen-bond acceptors (Lipinski definition) is 12. The van der Waals surface area contributed by atoms with Gasteiger partial charge in [-0.15, -0.1) is 10.2 Å². The Morgan fingerprint density at radius 3 is 2.54 bits per heavy atom. The van der Waals surface area contributed by atoms with Crippen LogP contribution in [0.2, 0.25) is 0 Å². The van der Waals surface area contributed by atoms with E-state index in [4.69, 9.17) is 9.84 Å². The van der Waals surface area contributed by atoms with Crippen LogP contribution in [0.15, 0.2) is 66.6 Å². The summed E-state index contributed by atoms with van der Waals surface area (Å²) in [5, 5.41) is 20.2. The predicted molar refractivity (Wildman–Crippen MR) is 223 cm³/mol. The molecule has 0 saturated carbocycles. The first-order valence-electron chi connectivity index (χ1n) is 20.6. The predicted octanol–water partition coefficient (Wildman–Crippen LogP) is 5.21. The van der Waals surface area contributed by atoms with Crippen LogP contribution in [0.5, 0.6) is 5.75 Å². The number of carbonyl (C=O) groups excluding carboxylic acids is 3. The van der Waals surface area contributed by atoms with Gasteiger partial charge >= 0.3 is 0 Å². The van der Waals surface area contributed by atoms with Gasteiger partial charge < -0.3 is 35.0 Å². The van der Waals surface area contributed by atoms with E-state index in [1.807, 2.05) is 18.3 Å². The minimum atomic E-state index is -0.505. The van der Waals surface area contributed by atoms with Crippen LogP contribution in [0.3, 0.4) is 0 Å². The largest absolute Gasteiger partial charge is 0.494 e. The molecule has 4 saturated heterocycles. The maximum atomic E-state index is 15.7. The van der Waals surface area contributed by atoms with Gasteiger partial charge in [0, 0.05) is 88.3 Å². The molecule has 2 N–H and O–H groups in total. The molecule has 5 aromatic rings. The van der Waals surface area contributed by atoms with Crippen LogP contribution in [0, 0.1) is 11.7 Å². The summed E-state index contributed by atoms with van der Waals surface area (Å²) in [5.41, 5.74) is 4.82. The molecule has 0 bridgehead atoms. The number of likely N-dealkylation sites (tertiary alicyclic amines) is 1. The minimum absolute atomic E-state index is 0.0417. The number of piperidine rings is 3. The molecule has 7 heterocycles. The lowest BCUT2D eigenvalue weighted by molar-refractivity contribution is 0.102. The lowest BCUT2D eigenvalue weighted by Gasteiger charge is -2.38. The first-order valence-corrected chi connectivity index (χ1v) is 20.6. The Balaban J connectivity index is 0.825. The fourth-order valence-corrected chi connectivity index (χ4v) is 9.24. The van der Waals surface area contributed by atoms with Gasteiger partial charge in [-0.3, -0.25) is 13.9 Å². The number of carbonyl (C=O) groups is 1. The number of hydrogen-bond donors (Lipinski definition) is 2. The van der Waals surface area contributed by atoms with Gasteiger partial charge in [0.1, 0.15) is 29.4 Å². The number of benzene rings is 2. The molecule has 9 rings (SSSR count). The van der Waals surface area contributed by atoms with Crippen LogP contribution in [0.1, 0.15) is 67.8 Å². The fraction of sp³-hybridized carbons (Fsp3) is 0.442. The standard InChI is InChI=1S/C43H48FN11O4/c1-59-39-22-33(21-35(44)41(39)54-19-9-31(26-56)46-40(54)27-57)51-17-7-29(8-18-51)24-50-15-10-32(11-16-50)55-25-30-20-37(38(23-36(30)49-55)52-12-3-2-4-13-52)47-43(58)34-6-5-14-53-28-45-48-42(34)53/h5-6,14,20-23,25,28-29,32,46H,2-4,7-13,15-19,24H2,1H3,(H,47,58). The van der Waals surface area contributed by atoms with Gasteiger partial charge in [-0.2, -0.15) is 5.10 Å². The second kappa shape index (κ2) is 16.6. The number of methoxy groups -OCH3 is 1. The topological polar surface area (TPSA) is 145 Å². The Morgan fingerprint density at radius 1 is 0.966 bits per heavy atom. The fourth-order valence-electron chi connectivity index (χ4n) is 9.24. The van der Waals surface area contributed by atoms with Crippen molar-refractivity contribution in [3.8, 4) is 5.75 Å². The maximum absolute atomic E-state index is 15.7. The third-order valence-electron chi connectivity index (χ3n) is 12.4. The Labute approximate surface area is 341 Å². The molecule has 0 aliphatic carbocycles. The first kappa shape index (κ1) is 38.3. The van der Waals surface area contributed by atoms with Gasteiger partial charge in [-0.1, -0.05) is 0 Å². The highest BCUT2D eigenvalue weighted by atomic mass is 19.1. The Bertz CT molecular complexity index is 2470. The van der Waals surface area contributed by atoms with Crippen molar-refractivity contribution in [2.75, 3.05) is 79.5 Å². The normalized spacial score (nSPS) is 18.6. The summed E-state index contributed by atoms with van der Waals surface area (Å²) in [5.74, 6) is 3.65. The molecule has 3 aromatic heterocycles. The van der Waals surface area contributed by atoms with Crippen molar-refractivity contribution in [1.82, 2.24) is 34.6 Å². The van der Waals surface area contributed by atoms with Crippen LogP contribution >= 0.6 is 0 Å². The van der Waals surface area contributed by atoms with Crippen LogP contribution < -0.4 is 30.1 Å². The minimum Gasteiger partial charge on any atom is -0.494 e. The number of nitrogens with one attached hydrogen (secondary N) is 2. The number of pyridine rings is 1. The van der Waals surface area contributed by atoms with E-state index in [1.165, 1.54) is 24.5 Å². The van der Waals surface area contributed by atoms with Crippen molar-refractivity contribution in [1.29, 1.82) is 0 Å². The van der Waals surface area contributed by atoms with Gasteiger partial charge in [0.2, 0.25) is 0 Å². The summed E-state index contributed by atoms with van der Waals surface area (Å²) < 4.78 is 25.2. The first-order chi connectivity index (χ1) is 28.9. The van der Waals surface area contributed by atoms with Crippen molar-refractivity contribution in [2.24, 2.45) is 5.92 Å². The number of ether oxygens (including phenoxy) is 1.